The Morgan fingerprint density at radius 1 is 1.71 bits per heavy atom. The fraction of sp³-hybridized carbons (Fsp3) is 0.444. The molecule has 0 saturated heterocycles. The van der Waals surface area contributed by atoms with Gasteiger partial charge in [0, 0.05) is 0 Å². The third-order valence-electron chi connectivity index (χ3n) is 1.73. The highest BCUT2D eigenvalue weighted by atomic mass is 35.5. The molecule has 1 amide bonds. The van der Waals surface area contributed by atoms with Crippen molar-refractivity contribution in [3.8, 4) is 0 Å². The second-order valence-electron chi connectivity index (χ2n) is 3.09. The van der Waals surface area contributed by atoms with Crippen LogP contribution in [0.15, 0.2) is 22.8 Å². The molecule has 5 heteroatoms. The number of hydrogen-bond acceptors (Lipinski definition) is 2. The van der Waals surface area contributed by atoms with E-state index in [-0.39, 0.29) is 11.8 Å². The minimum Gasteiger partial charge on any atom is -0.467 e. The summed E-state index contributed by atoms with van der Waals surface area (Å²) in [5, 5.41) is 2.63. The van der Waals surface area contributed by atoms with Gasteiger partial charge in [-0.25, -0.2) is 0 Å². The van der Waals surface area contributed by atoms with Gasteiger partial charge in [-0.1, -0.05) is 0 Å². The molecule has 0 spiro atoms. The van der Waals surface area contributed by atoms with Crippen molar-refractivity contribution in [1.82, 2.24) is 5.32 Å². The van der Waals surface area contributed by atoms with Crippen LogP contribution in [0.1, 0.15) is 12.7 Å². The van der Waals surface area contributed by atoms with Gasteiger partial charge < -0.3 is 9.73 Å². The van der Waals surface area contributed by atoms with Crippen LogP contribution < -0.4 is 5.32 Å². The van der Waals surface area contributed by atoms with Gasteiger partial charge in [0.2, 0.25) is 5.91 Å². The zero-order valence-corrected chi connectivity index (χ0v) is 9.23. The van der Waals surface area contributed by atoms with E-state index in [9.17, 15) is 4.79 Å². The Labute approximate surface area is 92.4 Å². The molecule has 0 aliphatic rings. The highest BCUT2D eigenvalue weighted by Crippen LogP contribution is 2.16. The third kappa shape index (κ3) is 2.93. The molecule has 0 bridgehead atoms. The van der Waals surface area contributed by atoms with Crippen molar-refractivity contribution in [2.45, 2.75) is 18.3 Å². The topological polar surface area (TPSA) is 42.2 Å². The summed E-state index contributed by atoms with van der Waals surface area (Å²) in [6.45, 7) is 1.89. The summed E-state index contributed by atoms with van der Waals surface area (Å²) in [5.41, 5.74) is 0. The maximum atomic E-state index is 11.4. The first-order valence-electron chi connectivity index (χ1n) is 4.12. The van der Waals surface area contributed by atoms with Crippen LogP contribution in [0.5, 0.6) is 0 Å². The lowest BCUT2D eigenvalue weighted by Crippen LogP contribution is -2.41. The number of nitrogens with one attached hydrogen (secondary N) is 1. The average Bonchev–Trinajstić information content (AvgIpc) is 2.66. The zero-order chi connectivity index (χ0) is 10.6. The molecular formula is C9H11Cl2NO2. The van der Waals surface area contributed by atoms with E-state index in [4.69, 9.17) is 27.6 Å². The quantitative estimate of drug-likeness (QED) is 0.813. The van der Waals surface area contributed by atoms with E-state index >= 15 is 0 Å². The van der Waals surface area contributed by atoms with Crippen molar-refractivity contribution < 1.29 is 9.21 Å². The zero-order valence-electron chi connectivity index (χ0n) is 7.72. The minimum atomic E-state index is -1.06. The molecule has 78 valence electrons. The molecule has 1 aromatic heterocycles. The highest BCUT2D eigenvalue weighted by Gasteiger charge is 2.29. The van der Waals surface area contributed by atoms with Crippen LogP contribution in [0.2, 0.25) is 0 Å². The first-order valence-corrected chi connectivity index (χ1v) is 5.03. The maximum Gasteiger partial charge on any atom is 0.242 e. The summed E-state index contributed by atoms with van der Waals surface area (Å²) in [6, 6.07) is 3.52. The molecule has 0 radical (unpaired) electrons. The standard InChI is InChI=1S/C9H11Cl2NO2/c1-9(11,6-10)8(13)12-5-7-3-2-4-14-7/h2-4H,5-6H2,1H3,(H,12,13)/t9-/m0/s1. The Morgan fingerprint density at radius 3 is 2.93 bits per heavy atom. The lowest BCUT2D eigenvalue weighted by molar-refractivity contribution is -0.123. The van der Waals surface area contributed by atoms with Crippen molar-refractivity contribution in [2.24, 2.45) is 0 Å². The Kier molecular flexibility index (Phi) is 3.84. The molecule has 1 atom stereocenters. The molecule has 1 heterocycles. The number of halogens is 2. The van der Waals surface area contributed by atoms with E-state index in [2.05, 4.69) is 5.32 Å². The molecule has 0 saturated carbocycles. The molecule has 3 nitrogen and oxygen atoms in total. The third-order valence-corrected chi connectivity index (χ3v) is 2.70. The van der Waals surface area contributed by atoms with Gasteiger partial charge in [-0.3, -0.25) is 4.79 Å². The molecule has 0 fully saturated rings. The number of alkyl halides is 2. The molecule has 14 heavy (non-hydrogen) atoms. The summed E-state index contributed by atoms with van der Waals surface area (Å²) in [5.74, 6) is 0.449. The fourth-order valence-electron chi connectivity index (χ4n) is 0.826. The van der Waals surface area contributed by atoms with Gasteiger partial charge in [-0.15, -0.1) is 23.2 Å². The van der Waals surface area contributed by atoms with Crippen molar-refractivity contribution in [3.05, 3.63) is 24.2 Å². The van der Waals surface area contributed by atoms with Crippen LogP contribution in [0.4, 0.5) is 0 Å². The first-order chi connectivity index (χ1) is 6.56. The minimum absolute atomic E-state index is 0.0680. The molecule has 1 aromatic rings. The highest BCUT2D eigenvalue weighted by molar-refractivity contribution is 6.39. The Hall–Kier alpha value is -0.670. The smallest absolute Gasteiger partial charge is 0.242 e. The molecule has 1 rings (SSSR count). The van der Waals surface area contributed by atoms with Crippen LogP contribution >= 0.6 is 23.2 Å². The van der Waals surface area contributed by atoms with Crippen LogP contribution in [-0.4, -0.2) is 16.7 Å². The van der Waals surface area contributed by atoms with Gasteiger partial charge in [-0.05, 0) is 19.1 Å². The Bertz CT molecular complexity index is 296. The molecule has 0 aliphatic heterocycles. The number of carbonyl (C=O) groups excluding carboxylic acids is 1. The number of hydrogen-bond donors (Lipinski definition) is 1. The van der Waals surface area contributed by atoms with Crippen LogP contribution in [0.3, 0.4) is 0 Å². The SMILES string of the molecule is C[C@](Cl)(CCl)C(=O)NCc1ccco1. The lowest BCUT2D eigenvalue weighted by atomic mass is 10.2. The number of furan rings is 1. The van der Waals surface area contributed by atoms with E-state index in [1.807, 2.05) is 0 Å². The largest absolute Gasteiger partial charge is 0.467 e. The van der Waals surface area contributed by atoms with E-state index < -0.39 is 4.87 Å². The number of amides is 1. The maximum absolute atomic E-state index is 11.4. The van der Waals surface area contributed by atoms with Gasteiger partial charge >= 0.3 is 0 Å². The van der Waals surface area contributed by atoms with E-state index in [1.165, 1.54) is 0 Å². The van der Waals surface area contributed by atoms with Gasteiger partial charge in [0.1, 0.15) is 10.6 Å². The second-order valence-corrected chi connectivity index (χ2v) is 4.19. The molecule has 0 aromatic carbocycles. The van der Waals surface area contributed by atoms with Gasteiger partial charge in [-0.2, -0.15) is 0 Å². The van der Waals surface area contributed by atoms with Crippen molar-refractivity contribution >= 4 is 29.1 Å². The monoisotopic (exact) mass is 235 g/mol. The van der Waals surface area contributed by atoms with Crippen LogP contribution in [-0.2, 0) is 11.3 Å². The van der Waals surface area contributed by atoms with E-state index in [0.29, 0.717) is 12.3 Å². The summed E-state index contributed by atoms with van der Waals surface area (Å²) < 4.78 is 5.04. The van der Waals surface area contributed by atoms with E-state index in [0.717, 1.165) is 0 Å². The Morgan fingerprint density at radius 2 is 2.43 bits per heavy atom. The average molecular weight is 236 g/mol. The Balaban J connectivity index is 2.43. The summed E-state index contributed by atoms with van der Waals surface area (Å²) >= 11 is 11.4. The first kappa shape index (κ1) is 11.4. The van der Waals surface area contributed by atoms with Gasteiger partial charge in [0.15, 0.2) is 0 Å². The second kappa shape index (κ2) is 4.71. The predicted molar refractivity (Wildman–Crippen MR) is 55.5 cm³/mol. The van der Waals surface area contributed by atoms with Crippen molar-refractivity contribution in [1.29, 1.82) is 0 Å². The summed E-state index contributed by atoms with van der Waals surface area (Å²) in [6.07, 6.45) is 1.54. The normalized spacial score (nSPS) is 14.8. The summed E-state index contributed by atoms with van der Waals surface area (Å²) in [7, 11) is 0. The lowest BCUT2D eigenvalue weighted by Gasteiger charge is -2.17. The van der Waals surface area contributed by atoms with Crippen LogP contribution in [0, 0.1) is 0 Å². The van der Waals surface area contributed by atoms with E-state index in [1.54, 1.807) is 25.3 Å². The summed E-state index contributed by atoms with van der Waals surface area (Å²) in [4.78, 5) is 10.4. The number of rotatable bonds is 4. The fourth-order valence-corrected chi connectivity index (χ4v) is 1.01. The van der Waals surface area contributed by atoms with Gasteiger partial charge in [0.25, 0.3) is 0 Å². The molecule has 0 unspecified atom stereocenters. The van der Waals surface area contributed by atoms with Crippen molar-refractivity contribution in [3.63, 3.8) is 0 Å². The molecule has 0 aliphatic carbocycles. The van der Waals surface area contributed by atoms with Crippen molar-refractivity contribution in [2.75, 3.05) is 5.88 Å². The molecule has 1 N–H and O–H groups in total. The number of carbonyl (C=O) groups is 1. The van der Waals surface area contributed by atoms with Crippen LogP contribution in [0.25, 0.3) is 0 Å². The van der Waals surface area contributed by atoms with Gasteiger partial charge in [0.05, 0.1) is 18.7 Å². The predicted octanol–water partition coefficient (Wildman–Crippen LogP) is 2.13. The molecular weight excluding hydrogens is 225 g/mol.